The molecule has 0 fully saturated rings. The summed E-state index contributed by atoms with van der Waals surface area (Å²) in [5.41, 5.74) is 4.50. The van der Waals surface area contributed by atoms with Crippen LogP contribution in [0, 0.1) is 5.92 Å². The van der Waals surface area contributed by atoms with E-state index >= 15 is 0 Å². The number of hydrogen-bond acceptors (Lipinski definition) is 3. The van der Waals surface area contributed by atoms with E-state index in [1.807, 2.05) is 6.21 Å². The van der Waals surface area contributed by atoms with Crippen molar-refractivity contribution in [3.63, 3.8) is 0 Å². The fraction of sp³-hybridized carbons (Fsp3) is 0.562. The van der Waals surface area contributed by atoms with Crippen LogP contribution in [0.25, 0.3) is 0 Å². The molecule has 0 radical (unpaired) electrons. The Balaban J connectivity index is 2.09. The Morgan fingerprint density at radius 3 is 3.05 bits per heavy atom. The highest BCUT2D eigenvalue weighted by molar-refractivity contribution is 6.16. The molecule has 0 aromatic carbocycles. The predicted molar refractivity (Wildman–Crippen MR) is 78.0 cm³/mol. The van der Waals surface area contributed by atoms with Gasteiger partial charge in [-0.25, -0.2) is 0 Å². The van der Waals surface area contributed by atoms with Crippen LogP contribution in [0.1, 0.15) is 39.5 Å². The molecule has 1 unspecified atom stereocenters. The fourth-order valence-corrected chi connectivity index (χ4v) is 3.14. The normalized spacial score (nSPS) is 30.2. The third-order valence-electron chi connectivity index (χ3n) is 4.46. The standard InChI is InChI=1S/C16H20N2O/c1-3-10(2)15-16(19)12-5-4-6-13-14(12)11(9-18-13)7-8-17-15/h7-8,10,15H,3-6,9H2,1-2H3/b11-7-,17-8?/t10-,15?/m0/s1. The lowest BCUT2D eigenvalue weighted by Gasteiger charge is -2.25. The zero-order valence-electron chi connectivity index (χ0n) is 11.6. The van der Waals surface area contributed by atoms with Crippen LogP contribution in [0.15, 0.2) is 32.8 Å². The average Bonchev–Trinajstić information content (AvgIpc) is 2.84. The second kappa shape index (κ2) is 4.87. The molecule has 3 heteroatoms. The quantitative estimate of drug-likeness (QED) is 0.749. The van der Waals surface area contributed by atoms with Crippen LogP contribution in [0.4, 0.5) is 0 Å². The summed E-state index contributed by atoms with van der Waals surface area (Å²) < 4.78 is 0. The largest absolute Gasteiger partial charge is 0.292 e. The minimum absolute atomic E-state index is 0.203. The van der Waals surface area contributed by atoms with Gasteiger partial charge in [-0.1, -0.05) is 20.3 Å². The van der Waals surface area contributed by atoms with Gasteiger partial charge in [0.25, 0.3) is 0 Å². The fourth-order valence-electron chi connectivity index (χ4n) is 3.14. The molecule has 3 aliphatic rings. The Kier molecular flexibility index (Phi) is 3.21. The lowest BCUT2D eigenvalue weighted by molar-refractivity contribution is -0.117. The van der Waals surface area contributed by atoms with E-state index in [1.165, 1.54) is 5.57 Å². The Bertz CT molecular complexity index is 537. The molecule has 3 rings (SSSR count). The average molecular weight is 256 g/mol. The molecular formula is C16H20N2O. The van der Waals surface area contributed by atoms with E-state index < -0.39 is 0 Å². The molecular weight excluding hydrogens is 236 g/mol. The summed E-state index contributed by atoms with van der Waals surface area (Å²) in [6.07, 6.45) is 7.82. The molecule has 0 saturated heterocycles. The number of aliphatic imine (C=N–C) groups is 2. The summed E-state index contributed by atoms with van der Waals surface area (Å²) >= 11 is 0. The van der Waals surface area contributed by atoms with Crippen LogP contribution in [-0.2, 0) is 4.79 Å². The van der Waals surface area contributed by atoms with E-state index in [0.29, 0.717) is 5.92 Å². The van der Waals surface area contributed by atoms with Gasteiger partial charge < -0.3 is 0 Å². The number of carbonyl (C=O) groups is 1. The summed E-state index contributed by atoms with van der Waals surface area (Å²) in [7, 11) is 0. The number of nitrogens with zero attached hydrogens (tertiary/aromatic N) is 2. The maximum atomic E-state index is 12.8. The second-order valence-electron chi connectivity index (χ2n) is 5.65. The van der Waals surface area contributed by atoms with Gasteiger partial charge in [-0.3, -0.25) is 14.8 Å². The number of ketones is 1. The Hall–Kier alpha value is -1.51. The highest BCUT2D eigenvalue weighted by Crippen LogP contribution is 2.35. The van der Waals surface area contributed by atoms with Crippen molar-refractivity contribution in [2.75, 3.05) is 6.54 Å². The van der Waals surface area contributed by atoms with Crippen molar-refractivity contribution in [1.29, 1.82) is 0 Å². The van der Waals surface area contributed by atoms with E-state index in [1.54, 1.807) is 0 Å². The maximum absolute atomic E-state index is 12.8. The molecule has 0 bridgehead atoms. The molecule has 19 heavy (non-hydrogen) atoms. The van der Waals surface area contributed by atoms with E-state index in [2.05, 4.69) is 29.9 Å². The van der Waals surface area contributed by atoms with Crippen molar-refractivity contribution in [2.45, 2.75) is 45.6 Å². The summed E-state index contributed by atoms with van der Waals surface area (Å²) in [5, 5.41) is 0. The number of Topliss-reactive ketones (excluding diaryl/α,β-unsaturated/α-hetero) is 1. The third-order valence-corrected chi connectivity index (χ3v) is 4.46. The van der Waals surface area contributed by atoms with Crippen LogP contribution >= 0.6 is 0 Å². The van der Waals surface area contributed by atoms with Crippen LogP contribution < -0.4 is 0 Å². The molecule has 2 atom stereocenters. The number of allylic oxidation sites excluding steroid dienone is 1. The first kappa shape index (κ1) is 12.5. The molecule has 3 nitrogen and oxygen atoms in total. The predicted octanol–water partition coefficient (Wildman–Crippen LogP) is 2.92. The van der Waals surface area contributed by atoms with E-state index in [-0.39, 0.29) is 11.8 Å². The van der Waals surface area contributed by atoms with Gasteiger partial charge in [0.15, 0.2) is 5.78 Å². The van der Waals surface area contributed by atoms with Gasteiger partial charge in [-0.2, -0.15) is 0 Å². The highest BCUT2D eigenvalue weighted by Gasteiger charge is 2.34. The Labute approximate surface area is 114 Å². The van der Waals surface area contributed by atoms with Crippen molar-refractivity contribution in [3.8, 4) is 0 Å². The smallest absolute Gasteiger partial charge is 0.184 e. The van der Waals surface area contributed by atoms with Gasteiger partial charge in [0.05, 0.1) is 6.54 Å². The van der Waals surface area contributed by atoms with Gasteiger partial charge in [0, 0.05) is 23.1 Å². The van der Waals surface area contributed by atoms with Gasteiger partial charge in [-0.05, 0) is 36.8 Å². The zero-order valence-corrected chi connectivity index (χ0v) is 11.6. The summed E-state index contributed by atoms with van der Waals surface area (Å²) in [6, 6.07) is -0.203. The van der Waals surface area contributed by atoms with Crippen molar-refractivity contribution in [2.24, 2.45) is 15.9 Å². The van der Waals surface area contributed by atoms with E-state index in [0.717, 1.165) is 49.1 Å². The molecule has 2 heterocycles. The molecule has 0 aromatic heterocycles. The van der Waals surface area contributed by atoms with E-state index in [9.17, 15) is 4.79 Å². The number of rotatable bonds is 2. The van der Waals surface area contributed by atoms with Crippen molar-refractivity contribution in [3.05, 3.63) is 22.8 Å². The minimum atomic E-state index is -0.203. The second-order valence-corrected chi connectivity index (χ2v) is 5.65. The molecule has 0 spiro atoms. The summed E-state index contributed by atoms with van der Waals surface area (Å²) in [5.74, 6) is 0.538. The van der Waals surface area contributed by atoms with Gasteiger partial charge in [0.1, 0.15) is 6.04 Å². The Morgan fingerprint density at radius 2 is 2.26 bits per heavy atom. The lowest BCUT2D eigenvalue weighted by Crippen LogP contribution is -2.31. The third kappa shape index (κ3) is 2.01. The Morgan fingerprint density at radius 1 is 1.42 bits per heavy atom. The van der Waals surface area contributed by atoms with Gasteiger partial charge in [0.2, 0.25) is 0 Å². The first-order valence-electron chi connectivity index (χ1n) is 7.26. The molecule has 100 valence electrons. The van der Waals surface area contributed by atoms with Crippen LogP contribution in [-0.4, -0.2) is 30.3 Å². The minimum Gasteiger partial charge on any atom is -0.292 e. The van der Waals surface area contributed by atoms with Crippen molar-refractivity contribution >= 4 is 17.7 Å². The van der Waals surface area contributed by atoms with Crippen molar-refractivity contribution in [1.82, 2.24) is 0 Å². The highest BCUT2D eigenvalue weighted by atomic mass is 16.1. The zero-order chi connectivity index (χ0) is 13.4. The molecule has 0 N–H and O–H groups in total. The number of hydrogen-bond donors (Lipinski definition) is 0. The monoisotopic (exact) mass is 256 g/mol. The van der Waals surface area contributed by atoms with Crippen LogP contribution in [0.5, 0.6) is 0 Å². The summed E-state index contributed by atoms with van der Waals surface area (Å²) in [6.45, 7) is 4.96. The topological polar surface area (TPSA) is 41.8 Å². The van der Waals surface area contributed by atoms with Gasteiger partial charge >= 0.3 is 0 Å². The SMILES string of the molecule is CC[C@H](C)C1N=C/C=C2/CN=C3CCCC(=C32)C1=O. The molecule has 0 aromatic rings. The first-order valence-corrected chi connectivity index (χ1v) is 7.26. The van der Waals surface area contributed by atoms with Gasteiger partial charge in [-0.15, -0.1) is 0 Å². The lowest BCUT2D eigenvalue weighted by atomic mass is 9.80. The maximum Gasteiger partial charge on any atom is 0.184 e. The molecule has 0 amide bonds. The first-order chi connectivity index (χ1) is 9.22. The number of carbonyl (C=O) groups excluding carboxylic acids is 1. The van der Waals surface area contributed by atoms with E-state index in [4.69, 9.17) is 0 Å². The van der Waals surface area contributed by atoms with Crippen molar-refractivity contribution < 1.29 is 4.79 Å². The molecule has 2 aliphatic heterocycles. The van der Waals surface area contributed by atoms with Crippen LogP contribution in [0.2, 0.25) is 0 Å². The molecule has 1 aliphatic carbocycles. The molecule has 0 saturated carbocycles. The summed E-state index contributed by atoms with van der Waals surface area (Å²) in [4.78, 5) is 21.9. The van der Waals surface area contributed by atoms with Crippen LogP contribution in [0.3, 0.4) is 0 Å².